The third kappa shape index (κ3) is 9.32. The van der Waals surface area contributed by atoms with Crippen molar-refractivity contribution in [1.29, 1.82) is 0 Å². The number of carbonyl (C=O) groups excluding carboxylic acids is 4. The first-order valence-corrected chi connectivity index (χ1v) is 16.0. The van der Waals surface area contributed by atoms with Crippen molar-refractivity contribution in [2.45, 2.75) is 4.90 Å². The van der Waals surface area contributed by atoms with Crippen LogP contribution in [-0.2, 0) is 14.3 Å². The van der Waals surface area contributed by atoms with E-state index in [1.165, 1.54) is 24.9 Å². The predicted octanol–water partition coefficient (Wildman–Crippen LogP) is 7.64. The van der Waals surface area contributed by atoms with Gasteiger partial charge in [0.25, 0.3) is 11.8 Å². The summed E-state index contributed by atoms with van der Waals surface area (Å²) in [5, 5.41) is 8.31. The van der Waals surface area contributed by atoms with E-state index in [0.717, 1.165) is 14.9 Å². The number of benzene rings is 4. The van der Waals surface area contributed by atoms with Gasteiger partial charge in [0, 0.05) is 37.9 Å². The lowest BCUT2D eigenvalue weighted by atomic mass is 10.2. The first kappa shape index (κ1) is 33.0. The Labute approximate surface area is 283 Å². The van der Waals surface area contributed by atoms with Gasteiger partial charge in [0.05, 0.1) is 18.4 Å². The van der Waals surface area contributed by atoms with Gasteiger partial charge in [0.1, 0.15) is 17.2 Å². The summed E-state index contributed by atoms with van der Waals surface area (Å²) in [6.07, 6.45) is 1.48. The molecule has 0 spiro atoms. The number of furan rings is 1. The van der Waals surface area contributed by atoms with Gasteiger partial charge in [-0.3, -0.25) is 14.4 Å². The topological polar surface area (TPSA) is 127 Å². The monoisotopic (exact) mass is 709 g/mol. The van der Waals surface area contributed by atoms with Gasteiger partial charge < -0.3 is 25.1 Å². The second kappa shape index (κ2) is 15.7. The highest BCUT2D eigenvalue weighted by molar-refractivity contribution is 9.10. The Morgan fingerprint density at radius 1 is 0.766 bits per heavy atom. The second-order valence-electron chi connectivity index (χ2n) is 9.97. The number of ether oxygens (including phenoxy) is 1. The number of hydrogen-bond acceptors (Lipinski definition) is 7. The molecule has 0 aliphatic heterocycles. The van der Waals surface area contributed by atoms with Crippen molar-refractivity contribution in [3.8, 4) is 11.3 Å². The highest BCUT2D eigenvalue weighted by atomic mass is 79.9. The van der Waals surface area contributed by atoms with Gasteiger partial charge in [-0.05, 0) is 84.9 Å². The largest absolute Gasteiger partial charge is 0.465 e. The molecule has 11 heteroatoms. The Balaban J connectivity index is 1.23. The zero-order valence-corrected chi connectivity index (χ0v) is 27.4. The summed E-state index contributed by atoms with van der Waals surface area (Å²) in [5.74, 6) is -0.532. The summed E-state index contributed by atoms with van der Waals surface area (Å²) in [7, 11) is 1.31. The van der Waals surface area contributed by atoms with Crippen molar-refractivity contribution < 1.29 is 28.3 Å². The Bertz CT molecular complexity index is 1910. The molecule has 5 rings (SSSR count). The summed E-state index contributed by atoms with van der Waals surface area (Å²) < 4.78 is 11.6. The van der Waals surface area contributed by atoms with Crippen LogP contribution in [0.5, 0.6) is 0 Å². The predicted molar refractivity (Wildman–Crippen MR) is 186 cm³/mol. The van der Waals surface area contributed by atoms with Crippen molar-refractivity contribution in [1.82, 2.24) is 5.32 Å². The molecule has 0 radical (unpaired) electrons. The Morgan fingerprint density at radius 2 is 1.43 bits per heavy atom. The number of esters is 1. The molecule has 3 N–H and O–H groups in total. The lowest BCUT2D eigenvalue weighted by Gasteiger charge is -2.11. The van der Waals surface area contributed by atoms with E-state index >= 15 is 0 Å². The molecule has 0 saturated heterocycles. The number of amides is 3. The van der Waals surface area contributed by atoms with Gasteiger partial charge >= 0.3 is 5.97 Å². The maximum atomic E-state index is 13.4. The number of rotatable bonds is 11. The number of anilines is 2. The summed E-state index contributed by atoms with van der Waals surface area (Å²) in [6.45, 7) is 0. The van der Waals surface area contributed by atoms with Gasteiger partial charge in [-0.15, -0.1) is 11.8 Å². The third-order valence-corrected chi connectivity index (χ3v) is 8.18. The average molecular weight is 711 g/mol. The van der Waals surface area contributed by atoms with Crippen molar-refractivity contribution in [3.05, 3.63) is 142 Å². The van der Waals surface area contributed by atoms with Crippen LogP contribution in [0.15, 0.2) is 135 Å². The first-order chi connectivity index (χ1) is 22.8. The average Bonchev–Trinajstić information content (AvgIpc) is 3.57. The third-order valence-electron chi connectivity index (χ3n) is 6.64. The molecule has 0 fully saturated rings. The minimum absolute atomic E-state index is 0.00898. The highest BCUT2D eigenvalue weighted by Crippen LogP contribution is 2.26. The molecular formula is C36H28BrN3O6S. The number of halogens is 1. The molecule has 9 nitrogen and oxygen atoms in total. The summed E-state index contributed by atoms with van der Waals surface area (Å²) >= 11 is 4.74. The van der Waals surface area contributed by atoms with E-state index in [1.54, 1.807) is 91.0 Å². The van der Waals surface area contributed by atoms with Crippen LogP contribution in [0, 0.1) is 0 Å². The maximum absolute atomic E-state index is 13.4. The minimum Gasteiger partial charge on any atom is -0.465 e. The normalized spacial score (nSPS) is 11.0. The maximum Gasteiger partial charge on any atom is 0.337 e. The molecule has 4 aromatic carbocycles. The van der Waals surface area contributed by atoms with E-state index in [9.17, 15) is 19.2 Å². The molecule has 0 aliphatic rings. The summed E-state index contributed by atoms with van der Waals surface area (Å²) in [6, 6.07) is 33.1. The molecule has 1 aromatic heterocycles. The molecule has 0 bridgehead atoms. The van der Waals surface area contributed by atoms with Crippen LogP contribution in [0.4, 0.5) is 11.4 Å². The number of nitrogens with one attached hydrogen (secondary N) is 3. The van der Waals surface area contributed by atoms with Gasteiger partial charge in [0.2, 0.25) is 5.91 Å². The van der Waals surface area contributed by atoms with Crippen LogP contribution in [0.2, 0.25) is 0 Å². The van der Waals surface area contributed by atoms with Crippen molar-refractivity contribution in [3.63, 3.8) is 0 Å². The zero-order valence-electron chi connectivity index (χ0n) is 25.0. The van der Waals surface area contributed by atoms with Crippen LogP contribution >= 0.6 is 27.7 Å². The fourth-order valence-corrected chi connectivity index (χ4v) is 5.23. The Hall–Kier alpha value is -5.39. The van der Waals surface area contributed by atoms with Crippen LogP contribution in [0.25, 0.3) is 17.4 Å². The smallest absolute Gasteiger partial charge is 0.337 e. The van der Waals surface area contributed by atoms with E-state index in [-0.39, 0.29) is 17.4 Å². The standard InChI is InChI=1S/C36H28BrN3O6S/c1-45-36(44)25-9-13-27(14-10-25)38-33(41)22-47-30-18-15-28(16-19-30)39-35(43)31(40-34(42)24-5-3-2-4-6-24)21-29-17-20-32(46-29)23-7-11-26(37)12-8-23/h2-21H,22H2,1H3,(H,38,41)(H,39,43)(H,40,42). The van der Waals surface area contributed by atoms with Crippen molar-refractivity contribution in [2.75, 3.05) is 23.5 Å². The molecule has 3 amide bonds. The van der Waals surface area contributed by atoms with Gasteiger partial charge in [-0.2, -0.15) is 0 Å². The number of carbonyl (C=O) groups is 4. The van der Waals surface area contributed by atoms with Gasteiger partial charge in [-0.25, -0.2) is 4.79 Å². The first-order valence-electron chi connectivity index (χ1n) is 14.2. The number of hydrogen-bond donors (Lipinski definition) is 3. The quantitative estimate of drug-likeness (QED) is 0.0731. The molecular weight excluding hydrogens is 682 g/mol. The molecule has 0 atom stereocenters. The highest BCUT2D eigenvalue weighted by Gasteiger charge is 2.17. The van der Waals surface area contributed by atoms with Gasteiger partial charge in [-0.1, -0.05) is 46.3 Å². The van der Waals surface area contributed by atoms with E-state index in [1.807, 2.05) is 24.3 Å². The molecule has 236 valence electrons. The SMILES string of the molecule is COC(=O)c1ccc(NC(=O)CSc2ccc(NC(=O)C(=Cc3ccc(-c4ccc(Br)cc4)o3)NC(=O)c3ccccc3)cc2)cc1. The van der Waals surface area contributed by atoms with Gasteiger partial charge in [0.15, 0.2) is 0 Å². The number of thioether (sulfide) groups is 1. The van der Waals surface area contributed by atoms with Crippen molar-refractivity contribution >= 4 is 68.8 Å². The van der Waals surface area contributed by atoms with E-state index in [2.05, 4.69) is 36.6 Å². The van der Waals surface area contributed by atoms with Crippen LogP contribution < -0.4 is 16.0 Å². The van der Waals surface area contributed by atoms with Crippen LogP contribution in [0.3, 0.4) is 0 Å². The molecule has 5 aromatic rings. The minimum atomic E-state index is -0.547. The molecule has 1 heterocycles. The summed E-state index contributed by atoms with van der Waals surface area (Å²) in [5.41, 5.74) is 2.68. The fraction of sp³-hybridized carbons (Fsp3) is 0.0556. The van der Waals surface area contributed by atoms with Crippen LogP contribution in [0.1, 0.15) is 26.5 Å². The molecule has 47 heavy (non-hydrogen) atoms. The summed E-state index contributed by atoms with van der Waals surface area (Å²) in [4.78, 5) is 51.3. The lowest BCUT2D eigenvalue weighted by Crippen LogP contribution is -2.30. The van der Waals surface area contributed by atoms with Crippen LogP contribution in [-0.4, -0.2) is 36.6 Å². The van der Waals surface area contributed by atoms with E-state index in [4.69, 9.17) is 4.42 Å². The number of methoxy groups -OCH3 is 1. The Morgan fingerprint density at radius 3 is 2.11 bits per heavy atom. The van der Waals surface area contributed by atoms with Crippen molar-refractivity contribution in [2.24, 2.45) is 0 Å². The zero-order chi connectivity index (χ0) is 33.2. The van der Waals surface area contributed by atoms with E-state index in [0.29, 0.717) is 34.0 Å². The fourth-order valence-electron chi connectivity index (χ4n) is 4.27. The molecule has 0 unspecified atom stereocenters. The molecule has 0 aliphatic carbocycles. The lowest BCUT2D eigenvalue weighted by molar-refractivity contribution is -0.114. The second-order valence-corrected chi connectivity index (χ2v) is 11.9. The van der Waals surface area contributed by atoms with E-state index < -0.39 is 17.8 Å². The Kier molecular flexibility index (Phi) is 11.1. The molecule has 0 saturated carbocycles.